The van der Waals surface area contributed by atoms with Crippen molar-refractivity contribution in [3.05, 3.63) is 0 Å². The molecule has 0 spiro atoms. The van der Waals surface area contributed by atoms with Crippen LogP contribution in [0.4, 0.5) is 0 Å². The van der Waals surface area contributed by atoms with Gasteiger partial charge in [-0.3, -0.25) is 9.59 Å². The van der Waals surface area contributed by atoms with Crippen LogP contribution in [0.1, 0.15) is 39.0 Å². The van der Waals surface area contributed by atoms with Crippen LogP contribution in [0, 0.1) is 0 Å². The number of hydrogen-bond donors (Lipinski definition) is 4. The van der Waals surface area contributed by atoms with Gasteiger partial charge < -0.3 is 10.4 Å². The largest absolute Gasteiger partial charge is 2.00 e. The van der Waals surface area contributed by atoms with Crippen molar-refractivity contribution in [3.8, 4) is 0 Å². The van der Waals surface area contributed by atoms with Gasteiger partial charge in [0, 0.05) is 11.7 Å². The quantitative estimate of drug-likeness (QED) is 0.293. The van der Waals surface area contributed by atoms with Gasteiger partial charge in [-0.25, -0.2) is 0 Å². The van der Waals surface area contributed by atoms with Crippen molar-refractivity contribution in [1.29, 1.82) is 0 Å². The summed E-state index contributed by atoms with van der Waals surface area (Å²) in [4.78, 5) is 21.8. The Morgan fingerprint density at radius 3 is 2.39 bits per heavy atom. The van der Waals surface area contributed by atoms with Crippen LogP contribution in [0.5, 0.6) is 0 Å². The first-order valence-corrected chi connectivity index (χ1v) is 6.93. The third kappa shape index (κ3) is 11.4. The Kier molecular flexibility index (Phi) is 14.1. The summed E-state index contributed by atoms with van der Waals surface area (Å²) in [6, 6.07) is -0.815. The number of carboxylic acid groups (broad SMARTS) is 1. The van der Waals surface area contributed by atoms with Gasteiger partial charge in [-0.1, -0.05) is 6.42 Å². The van der Waals surface area contributed by atoms with Crippen LogP contribution in [0.15, 0.2) is 0 Å². The first kappa shape index (κ1) is 20.6. The van der Waals surface area contributed by atoms with Gasteiger partial charge in [0.15, 0.2) is 0 Å². The van der Waals surface area contributed by atoms with E-state index in [1.807, 2.05) is 0 Å². The van der Waals surface area contributed by atoms with Gasteiger partial charge >= 0.3 is 25.4 Å². The molecule has 0 radical (unpaired) electrons. The monoisotopic (exact) mass is 343 g/mol. The van der Waals surface area contributed by atoms with E-state index in [0.29, 0.717) is 11.7 Å². The van der Waals surface area contributed by atoms with Crippen LogP contribution >= 0.6 is 25.3 Å². The summed E-state index contributed by atoms with van der Waals surface area (Å²) in [5, 5.41) is 11.4. The van der Waals surface area contributed by atoms with E-state index >= 15 is 0 Å². The number of carbonyl (C=O) groups is 2. The Labute approximate surface area is 132 Å². The van der Waals surface area contributed by atoms with Gasteiger partial charge in [0.1, 0.15) is 6.04 Å². The number of nitrogens with one attached hydrogen (secondary N) is 1. The van der Waals surface area contributed by atoms with E-state index in [4.69, 9.17) is 5.11 Å². The van der Waals surface area contributed by atoms with Crippen LogP contribution in [-0.2, 0) is 29.1 Å². The molecule has 0 rings (SSSR count). The minimum Gasteiger partial charge on any atom is -0.480 e. The predicted molar refractivity (Wildman–Crippen MR) is 75.0 cm³/mol. The topological polar surface area (TPSA) is 66.4 Å². The van der Waals surface area contributed by atoms with E-state index in [2.05, 4.69) is 30.6 Å². The predicted octanol–water partition coefficient (Wildman–Crippen LogP) is 1.75. The first-order valence-electron chi connectivity index (χ1n) is 5.78. The normalized spacial score (nSPS) is 13.3. The Hall–Kier alpha value is 0.263. The fraction of sp³-hybridized carbons (Fsp3) is 0.818. The number of rotatable bonds is 9. The van der Waals surface area contributed by atoms with Crippen molar-refractivity contribution >= 4 is 37.1 Å². The van der Waals surface area contributed by atoms with Gasteiger partial charge in [-0.05, 0) is 31.9 Å². The van der Waals surface area contributed by atoms with Crippen molar-refractivity contribution in [1.82, 2.24) is 5.32 Å². The molecule has 0 aliphatic rings. The summed E-state index contributed by atoms with van der Waals surface area (Å²) in [6.45, 7) is 1.46. The number of aliphatic carboxylic acids is 1. The van der Waals surface area contributed by atoms with Crippen molar-refractivity contribution in [2.45, 2.75) is 50.3 Å². The molecule has 0 aromatic heterocycles. The van der Waals surface area contributed by atoms with Crippen LogP contribution in [0.2, 0.25) is 0 Å². The SMILES string of the molecule is C[C@H](NC(=O)CCCCC(S)CCS)C(=O)O.[Zn+2]. The molecule has 2 atom stereocenters. The molecule has 0 bridgehead atoms. The zero-order valence-corrected chi connectivity index (χ0v) is 15.5. The molecule has 0 saturated carbocycles. The minimum atomic E-state index is -1.01. The molecule has 1 unspecified atom stereocenters. The van der Waals surface area contributed by atoms with Gasteiger partial charge in [0.2, 0.25) is 5.91 Å². The number of hydrogen-bond acceptors (Lipinski definition) is 4. The molecule has 0 saturated heterocycles. The summed E-state index contributed by atoms with van der Waals surface area (Å²) in [5.41, 5.74) is 0. The fourth-order valence-corrected chi connectivity index (χ4v) is 2.16. The van der Waals surface area contributed by atoms with Gasteiger partial charge in [0.25, 0.3) is 0 Å². The van der Waals surface area contributed by atoms with Crippen molar-refractivity contribution in [2.75, 3.05) is 5.75 Å². The molecule has 7 heteroatoms. The van der Waals surface area contributed by atoms with Crippen molar-refractivity contribution < 1.29 is 34.2 Å². The van der Waals surface area contributed by atoms with Crippen LogP contribution in [0.3, 0.4) is 0 Å². The van der Waals surface area contributed by atoms with E-state index in [0.717, 1.165) is 31.4 Å². The third-order valence-corrected chi connectivity index (χ3v) is 3.18. The molecule has 4 nitrogen and oxygen atoms in total. The molecule has 0 aliphatic carbocycles. The average Bonchev–Trinajstić information content (AvgIpc) is 2.24. The fourth-order valence-electron chi connectivity index (χ4n) is 1.33. The van der Waals surface area contributed by atoms with Crippen LogP contribution in [-0.4, -0.2) is 34.0 Å². The van der Waals surface area contributed by atoms with E-state index < -0.39 is 12.0 Å². The molecule has 0 aromatic rings. The number of unbranched alkanes of at least 4 members (excludes halogenated alkanes) is 1. The summed E-state index contributed by atoms with van der Waals surface area (Å²) in [7, 11) is 0. The number of carbonyl (C=O) groups excluding carboxylic acids is 1. The summed E-state index contributed by atoms with van der Waals surface area (Å²) >= 11 is 8.52. The molecule has 1 amide bonds. The molecule has 0 aliphatic heterocycles. The standard InChI is InChI=1S/C11H21NO3S2.Zn/c1-8(11(14)15)12-10(13)5-3-2-4-9(17)6-7-16;/h8-9,16-17H,2-7H2,1H3,(H,12,13)(H,14,15);/q;+2/t8-,9?;/m0./s1. The second-order valence-electron chi connectivity index (χ2n) is 4.04. The third-order valence-electron chi connectivity index (χ3n) is 2.40. The second kappa shape index (κ2) is 12.3. The molecule has 2 N–H and O–H groups in total. The zero-order valence-electron chi connectivity index (χ0n) is 10.8. The maximum absolute atomic E-state index is 11.3. The average molecular weight is 345 g/mol. The summed E-state index contributed by atoms with van der Waals surface area (Å²) in [6.07, 6.45) is 4.00. The Balaban J connectivity index is 0. The number of thiol groups is 2. The smallest absolute Gasteiger partial charge is 0.480 e. The molecule has 0 fully saturated rings. The Bertz CT molecular complexity index is 254. The van der Waals surface area contributed by atoms with Gasteiger partial charge in [-0.2, -0.15) is 25.3 Å². The maximum Gasteiger partial charge on any atom is 2.00 e. The molecule has 0 aromatic carbocycles. The second-order valence-corrected chi connectivity index (χ2v) is 5.22. The van der Waals surface area contributed by atoms with E-state index in [1.54, 1.807) is 0 Å². The molecule has 0 heterocycles. The molecule has 100 valence electrons. The molecular weight excluding hydrogens is 324 g/mol. The summed E-state index contributed by atoms with van der Waals surface area (Å²) < 4.78 is 0. The first-order chi connectivity index (χ1) is 7.97. The van der Waals surface area contributed by atoms with Crippen molar-refractivity contribution in [2.24, 2.45) is 0 Å². The zero-order chi connectivity index (χ0) is 13.3. The molecular formula is C11H21NO3S2Zn+2. The number of carboxylic acids is 1. The van der Waals surface area contributed by atoms with Crippen LogP contribution < -0.4 is 5.32 Å². The van der Waals surface area contributed by atoms with E-state index in [9.17, 15) is 9.59 Å². The molecule has 18 heavy (non-hydrogen) atoms. The Morgan fingerprint density at radius 2 is 1.89 bits per heavy atom. The van der Waals surface area contributed by atoms with E-state index in [1.165, 1.54) is 6.92 Å². The van der Waals surface area contributed by atoms with Gasteiger partial charge in [-0.15, -0.1) is 0 Å². The van der Waals surface area contributed by atoms with E-state index in [-0.39, 0.29) is 25.4 Å². The van der Waals surface area contributed by atoms with Gasteiger partial charge in [0.05, 0.1) is 0 Å². The Morgan fingerprint density at radius 1 is 1.28 bits per heavy atom. The van der Waals surface area contributed by atoms with Crippen molar-refractivity contribution in [3.63, 3.8) is 0 Å². The maximum atomic E-state index is 11.3. The number of amides is 1. The minimum absolute atomic E-state index is 0. The summed E-state index contributed by atoms with van der Waals surface area (Å²) in [5.74, 6) is -0.391. The van der Waals surface area contributed by atoms with Crippen LogP contribution in [0.25, 0.3) is 0 Å².